The minimum Gasteiger partial charge on any atom is -0.325 e. The van der Waals surface area contributed by atoms with Gasteiger partial charge in [-0.05, 0) is 44.6 Å². The molecule has 0 fully saturated rings. The van der Waals surface area contributed by atoms with Crippen molar-refractivity contribution in [1.82, 2.24) is 4.90 Å². The molecule has 1 N–H and O–H groups in total. The number of aryl methyl sites for hydroxylation is 1. The largest absolute Gasteiger partial charge is 0.325 e. The predicted molar refractivity (Wildman–Crippen MR) is 72.2 cm³/mol. The molecule has 0 atom stereocenters. The first kappa shape index (κ1) is 13.7. The van der Waals surface area contributed by atoms with Gasteiger partial charge in [0, 0.05) is 5.69 Å². The first-order valence-electron chi connectivity index (χ1n) is 6.17. The van der Waals surface area contributed by atoms with Gasteiger partial charge in [0.2, 0.25) is 5.91 Å². The zero-order chi connectivity index (χ0) is 12.7. The molecule has 1 aromatic rings. The Bertz CT molecular complexity index is 363. The Labute approximate surface area is 104 Å². The van der Waals surface area contributed by atoms with Crippen molar-refractivity contribution in [2.45, 2.75) is 26.7 Å². The summed E-state index contributed by atoms with van der Waals surface area (Å²) in [5.74, 6) is 0.0502. The quantitative estimate of drug-likeness (QED) is 0.820. The first-order chi connectivity index (χ1) is 8.11. The van der Waals surface area contributed by atoms with Gasteiger partial charge in [0.25, 0.3) is 0 Å². The SMILES string of the molecule is CCCCN(C)CC(=O)Nc1cccc(C)c1. The fourth-order valence-corrected chi connectivity index (χ4v) is 1.68. The van der Waals surface area contributed by atoms with Crippen LogP contribution in [-0.2, 0) is 4.79 Å². The summed E-state index contributed by atoms with van der Waals surface area (Å²) in [5, 5.41) is 2.91. The summed E-state index contributed by atoms with van der Waals surface area (Å²) in [7, 11) is 1.98. The summed E-state index contributed by atoms with van der Waals surface area (Å²) < 4.78 is 0. The van der Waals surface area contributed by atoms with Crippen molar-refractivity contribution in [2.75, 3.05) is 25.5 Å². The van der Waals surface area contributed by atoms with Gasteiger partial charge in [0.1, 0.15) is 0 Å². The van der Waals surface area contributed by atoms with Crippen molar-refractivity contribution in [3.8, 4) is 0 Å². The van der Waals surface area contributed by atoms with Crippen molar-refractivity contribution in [3.05, 3.63) is 29.8 Å². The van der Waals surface area contributed by atoms with Gasteiger partial charge in [-0.25, -0.2) is 0 Å². The highest BCUT2D eigenvalue weighted by Crippen LogP contribution is 2.09. The van der Waals surface area contributed by atoms with E-state index in [0.29, 0.717) is 6.54 Å². The number of carbonyl (C=O) groups excluding carboxylic acids is 1. The predicted octanol–water partition coefficient (Wildman–Crippen LogP) is 2.67. The van der Waals surface area contributed by atoms with Crippen LogP contribution in [0.5, 0.6) is 0 Å². The highest BCUT2D eigenvalue weighted by atomic mass is 16.2. The van der Waals surface area contributed by atoms with E-state index in [1.54, 1.807) is 0 Å². The summed E-state index contributed by atoms with van der Waals surface area (Å²) in [5.41, 5.74) is 2.03. The van der Waals surface area contributed by atoms with Gasteiger partial charge in [-0.2, -0.15) is 0 Å². The lowest BCUT2D eigenvalue weighted by atomic mass is 10.2. The number of hydrogen-bond acceptors (Lipinski definition) is 2. The second kappa shape index (κ2) is 7.07. The third-order valence-electron chi connectivity index (χ3n) is 2.61. The Morgan fingerprint density at radius 2 is 2.18 bits per heavy atom. The molecule has 0 heterocycles. The van der Waals surface area contributed by atoms with Crippen molar-refractivity contribution in [2.24, 2.45) is 0 Å². The van der Waals surface area contributed by atoms with E-state index in [4.69, 9.17) is 0 Å². The molecule has 94 valence electrons. The lowest BCUT2D eigenvalue weighted by Crippen LogP contribution is -2.30. The number of anilines is 1. The number of unbranched alkanes of at least 4 members (excludes halogenated alkanes) is 1. The molecule has 1 rings (SSSR count). The monoisotopic (exact) mass is 234 g/mol. The molecule has 0 saturated carbocycles. The Morgan fingerprint density at radius 3 is 2.82 bits per heavy atom. The van der Waals surface area contributed by atoms with Crippen molar-refractivity contribution in [3.63, 3.8) is 0 Å². The smallest absolute Gasteiger partial charge is 0.238 e. The first-order valence-corrected chi connectivity index (χ1v) is 6.17. The molecule has 0 aliphatic rings. The molecule has 3 nitrogen and oxygen atoms in total. The van der Waals surface area contributed by atoms with Crippen LogP contribution < -0.4 is 5.32 Å². The zero-order valence-corrected chi connectivity index (χ0v) is 11.0. The van der Waals surface area contributed by atoms with Crippen LogP contribution in [-0.4, -0.2) is 30.9 Å². The maximum absolute atomic E-state index is 11.7. The minimum absolute atomic E-state index is 0.0502. The van der Waals surface area contributed by atoms with Gasteiger partial charge in [0.15, 0.2) is 0 Å². The summed E-state index contributed by atoms with van der Waals surface area (Å²) in [6.07, 6.45) is 2.29. The number of nitrogens with one attached hydrogen (secondary N) is 1. The third kappa shape index (κ3) is 5.50. The van der Waals surface area contributed by atoms with Crippen LogP contribution in [0.25, 0.3) is 0 Å². The van der Waals surface area contributed by atoms with Gasteiger partial charge in [0.05, 0.1) is 6.54 Å². The number of benzene rings is 1. The molecule has 1 amide bonds. The summed E-state index contributed by atoms with van der Waals surface area (Å²) in [6.45, 7) is 5.59. The molecule has 0 unspecified atom stereocenters. The molecule has 0 radical (unpaired) electrons. The highest BCUT2D eigenvalue weighted by Gasteiger charge is 2.06. The average molecular weight is 234 g/mol. The van der Waals surface area contributed by atoms with E-state index in [1.165, 1.54) is 0 Å². The van der Waals surface area contributed by atoms with Crippen LogP contribution in [0.15, 0.2) is 24.3 Å². The van der Waals surface area contributed by atoms with Crippen LogP contribution in [0.3, 0.4) is 0 Å². The topological polar surface area (TPSA) is 32.3 Å². The van der Waals surface area contributed by atoms with Crippen LogP contribution in [0.4, 0.5) is 5.69 Å². The number of rotatable bonds is 6. The molecular weight excluding hydrogens is 212 g/mol. The van der Waals surface area contributed by atoms with E-state index in [9.17, 15) is 4.79 Å². The summed E-state index contributed by atoms with van der Waals surface area (Å²) in [4.78, 5) is 13.8. The Morgan fingerprint density at radius 1 is 1.41 bits per heavy atom. The molecule has 3 heteroatoms. The van der Waals surface area contributed by atoms with E-state index in [1.807, 2.05) is 38.2 Å². The van der Waals surface area contributed by atoms with Gasteiger partial charge >= 0.3 is 0 Å². The molecule has 0 aliphatic carbocycles. The van der Waals surface area contributed by atoms with Gasteiger partial charge in [-0.15, -0.1) is 0 Å². The fourth-order valence-electron chi connectivity index (χ4n) is 1.68. The van der Waals surface area contributed by atoms with E-state index in [0.717, 1.165) is 30.6 Å². The van der Waals surface area contributed by atoms with Gasteiger partial charge < -0.3 is 5.32 Å². The Hall–Kier alpha value is -1.35. The van der Waals surface area contributed by atoms with Crippen molar-refractivity contribution < 1.29 is 4.79 Å². The van der Waals surface area contributed by atoms with Gasteiger partial charge in [-0.1, -0.05) is 25.5 Å². The Kier molecular flexibility index (Phi) is 5.70. The van der Waals surface area contributed by atoms with E-state index in [-0.39, 0.29) is 5.91 Å². The Balaban J connectivity index is 2.39. The standard InChI is InChI=1S/C14H22N2O/c1-4-5-9-16(3)11-14(17)15-13-8-6-7-12(2)10-13/h6-8,10H,4-5,9,11H2,1-3H3,(H,15,17). The maximum Gasteiger partial charge on any atom is 0.238 e. The van der Waals surface area contributed by atoms with E-state index in [2.05, 4.69) is 17.1 Å². The van der Waals surface area contributed by atoms with Crippen LogP contribution in [0.2, 0.25) is 0 Å². The normalized spacial score (nSPS) is 10.6. The third-order valence-corrected chi connectivity index (χ3v) is 2.61. The average Bonchev–Trinajstić information content (AvgIpc) is 2.26. The summed E-state index contributed by atoms with van der Waals surface area (Å²) >= 11 is 0. The second-order valence-electron chi connectivity index (χ2n) is 4.51. The zero-order valence-electron chi connectivity index (χ0n) is 11.0. The second-order valence-corrected chi connectivity index (χ2v) is 4.51. The minimum atomic E-state index is 0.0502. The molecule has 0 bridgehead atoms. The molecule has 0 spiro atoms. The molecule has 1 aromatic carbocycles. The lowest BCUT2D eigenvalue weighted by Gasteiger charge is -2.15. The van der Waals surface area contributed by atoms with Crippen LogP contribution in [0.1, 0.15) is 25.3 Å². The number of hydrogen-bond donors (Lipinski definition) is 1. The van der Waals surface area contributed by atoms with Crippen molar-refractivity contribution >= 4 is 11.6 Å². The van der Waals surface area contributed by atoms with Crippen molar-refractivity contribution in [1.29, 1.82) is 0 Å². The maximum atomic E-state index is 11.7. The molecule has 0 saturated heterocycles. The fraction of sp³-hybridized carbons (Fsp3) is 0.500. The summed E-state index contributed by atoms with van der Waals surface area (Å²) in [6, 6.07) is 7.86. The van der Waals surface area contributed by atoms with Gasteiger partial charge in [-0.3, -0.25) is 9.69 Å². The molecular formula is C14H22N2O. The number of carbonyl (C=O) groups is 1. The van der Waals surface area contributed by atoms with Crippen LogP contribution in [0, 0.1) is 6.92 Å². The number of likely N-dealkylation sites (N-methyl/N-ethyl adjacent to an activating group) is 1. The van der Waals surface area contributed by atoms with E-state index >= 15 is 0 Å². The van der Waals surface area contributed by atoms with Crippen LogP contribution >= 0.6 is 0 Å². The highest BCUT2D eigenvalue weighted by molar-refractivity contribution is 5.92. The molecule has 17 heavy (non-hydrogen) atoms. The van der Waals surface area contributed by atoms with E-state index < -0.39 is 0 Å². The lowest BCUT2D eigenvalue weighted by molar-refractivity contribution is -0.117. The molecule has 0 aliphatic heterocycles. The number of amides is 1. The number of nitrogens with zero attached hydrogens (tertiary/aromatic N) is 1. The molecule has 0 aromatic heterocycles.